The smallest absolute Gasteiger partial charge is 0.408 e. The van der Waals surface area contributed by atoms with Gasteiger partial charge in [-0.15, -0.1) is 0 Å². The molecular weight excluding hydrogens is 319 g/mol. The first kappa shape index (κ1) is 13.8. The van der Waals surface area contributed by atoms with Crippen molar-refractivity contribution in [1.29, 1.82) is 0 Å². The van der Waals surface area contributed by atoms with Gasteiger partial charge in [0.25, 0.3) is 5.91 Å². The lowest BCUT2D eigenvalue weighted by Crippen LogP contribution is -2.37. The molecule has 2 rings (SSSR count). The zero-order valence-corrected chi connectivity index (χ0v) is 11.5. The van der Waals surface area contributed by atoms with Crippen molar-refractivity contribution in [2.75, 3.05) is 13.1 Å². The van der Waals surface area contributed by atoms with Gasteiger partial charge in [0.2, 0.25) is 0 Å². The Labute approximate surface area is 117 Å². The molecule has 0 saturated carbocycles. The summed E-state index contributed by atoms with van der Waals surface area (Å²) in [6.45, 7) is 0.581. The SMILES string of the molecule is O=C1NC[C@@H](C(=O)NCCc2ccc(F)c(Br)c2)O1. The number of ether oxygens (including phenoxy) is 1. The summed E-state index contributed by atoms with van der Waals surface area (Å²) < 4.78 is 18.2. The Morgan fingerprint density at radius 1 is 1.58 bits per heavy atom. The van der Waals surface area contributed by atoms with Crippen molar-refractivity contribution >= 4 is 27.9 Å². The maximum absolute atomic E-state index is 13.0. The van der Waals surface area contributed by atoms with Crippen LogP contribution in [0.15, 0.2) is 22.7 Å². The van der Waals surface area contributed by atoms with Crippen LogP contribution in [0.5, 0.6) is 0 Å². The summed E-state index contributed by atoms with van der Waals surface area (Å²) in [7, 11) is 0. The minimum atomic E-state index is -0.771. The van der Waals surface area contributed by atoms with Gasteiger partial charge in [0.15, 0.2) is 6.10 Å². The van der Waals surface area contributed by atoms with Gasteiger partial charge in [-0.1, -0.05) is 6.07 Å². The molecule has 1 heterocycles. The molecule has 7 heteroatoms. The summed E-state index contributed by atoms with van der Waals surface area (Å²) >= 11 is 3.10. The van der Waals surface area contributed by atoms with Crippen molar-refractivity contribution in [1.82, 2.24) is 10.6 Å². The largest absolute Gasteiger partial charge is 0.434 e. The Hall–Kier alpha value is -1.63. The predicted octanol–water partition coefficient (Wildman–Crippen LogP) is 1.36. The van der Waals surface area contributed by atoms with E-state index in [-0.39, 0.29) is 18.3 Å². The van der Waals surface area contributed by atoms with E-state index in [1.807, 2.05) is 0 Å². The third-order valence-electron chi connectivity index (χ3n) is 2.67. The van der Waals surface area contributed by atoms with Crippen molar-refractivity contribution in [3.63, 3.8) is 0 Å². The Morgan fingerprint density at radius 3 is 3.00 bits per heavy atom. The monoisotopic (exact) mass is 330 g/mol. The fourth-order valence-corrected chi connectivity index (χ4v) is 2.10. The molecule has 2 amide bonds. The number of halogens is 2. The molecule has 0 radical (unpaired) electrons. The molecule has 0 aliphatic carbocycles. The molecule has 0 aromatic heterocycles. The number of benzene rings is 1. The minimum absolute atomic E-state index is 0.187. The van der Waals surface area contributed by atoms with E-state index < -0.39 is 12.2 Å². The van der Waals surface area contributed by atoms with Gasteiger partial charge < -0.3 is 15.4 Å². The van der Waals surface area contributed by atoms with Crippen LogP contribution < -0.4 is 10.6 Å². The first-order valence-electron chi connectivity index (χ1n) is 5.72. The fourth-order valence-electron chi connectivity index (χ4n) is 1.67. The number of cyclic esters (lactones) is 1. The fraction of sp³-hybridized carbons (Fsp3) is 0.333. The predicted molar refractivity (Wildman–Crippen MR) is 69.1 cm³/mol. The molecule has 0 spiro atoms. The second-order valence-corrected chi connectivity index (χ2v) is 4.92. The van der Waals surface area contributed by atoms with Crippen LogP contribution in [0.1, 0.15) is 5.56 Å². The highest BCUT2D eigenvalue weighted by Crippen LogP contribution is 2.16. The van der Waals surface area contributed by atoms with Gasteiger partial charge in [-0.2, -0.15) is 0 Å². The Bertz CT molecular complexity index is 510. The second-order valence-electron chi connectivity index (χ2n) is 4.06. The molecule has 1 aromatic rings. The Kier molecular flexibility index (Phi) is 4.36. The van der Waals surface area contributed by atoms with Gasteiger partial charge in [0.1, 0.15) is 5.82 Å². The Balaban J connectivity index is 1.78. The van der Waals surface area contributed by atoms with Crippen molar-refractivity contribution in [2.45, 2.75) is 12.5 Å². The van der Waals surface area contributed by atoms with Crippen molar-refractivity contribution in [3.05, 3.63) is 34.1 Å². The summed E-state index contributed by atoms with van der Waals surface area (Å²) in [5.41, 5.74) is 0.898. The molecule has 1 saturated heterocycles. The van der Waals surface area contributed by atoms with Crippen LogP contribution in [0.2, 0.25) is 0 Å². The molecule has 1 aliphatic heterocycles. The number of hydrogen-bond donors (Lipinski definition) is 2. The molecule has 102 valence electrons. The van der Waals surface area contributed by atoms with E-state index in [0.717, 1.165) is 5.56 Å². The topological polar surface area (TPSA) is 67.4 Å². The standard InChI is InChI=1S/C12H12BrFN2O3/c13-8-5-7(1-2-9(8)14)3-4-15-11(17)10-6-16-12(18)19-10/h1-2,5,10H,3-4,6H2,(H,15,17)(H,16,18)/t10-/m0/s1. The van der Waals surface area contributed by atoms with E-state index in [4.69, 9.17) is 4.74 Å². The normalized spacial score (nSPS) is 17.8. The first-order valence-corrected chi connectivity index (χ1v) is 6.51. The third kappa shape index (κ3) is 3.66. The molecule has 1 aromatic carbocycles. The number of carbonyl (C=O) groups is 2. The van der Waals surface area contributed by atoms with E-state index >= 15 is 0 Å². The van der Waals surface area contributed by atoms with Crippen molar-refractivity contribution in [3.8, 4) is 0 Å². The summed E-state index contributed by atoms with van der Waals surface area (Å²) in [5, 5.41) is 5.06. The van der Waals surface area contributed by atoms with Crippen LogP contribution in [0, 0.1) is 5.82 Å². The molecular formula is C12H12BrFN2O3. The summed E-state index contributed by atoms with van der Waals surface area (Å²) in [6, 6.07) is 4.69. The number of carbonyl (C=O) groups excluding carboxylic acids is 2. The summed E-state index contributed by atoms with van der Waals surface area (Å²) in [5.74, 6) is -0.656. The van der Waals surface area contributed by atoms with Crippen LogP contribution in [-0.2, 0) is 16.0 Å². The number of rotatable bonds is 4. The van der Waals surface area contributed by atoms with Crippen LogP contribution >= 0.6 is 15.9 Å². The highest BCUT2D eigenvalue weighted by atomic mass is 79.9. The number of alkyl carbamates (subject to hydrolysis) is 1. The van der Waals surface area contributed by atoms with Crippen LogP contribution in [0.3, 0.4) is 0 Å². The number of nitrogens with one attached hydrogen (secondary N) is 2. The van der Waals surface area contributed by atoms with Gasteiger partial charge in [0, 0.05) is 6.54 Å². The van der Waals surface area contributed by atoms with Gasteiger partial charge in [-0.3, -0.25) is 4.79 Å². The lowest BCUT2D eigenvalue weighted by molar-refractivity contribution is -0.127. The van der Waals surface area contributed by atoms with Gasteiger partial charge >= 0.3 is 6.09 Å². The van der Waals surface area contributed by atoms with E-state index in [1.54, 1.807) is 12.1 Å². The van der Waals surface area contributed by atoms with Crippen LogP contribution in [-0.4, -0.2) is 31.2 Å². The van der Waals surface area contributed by atoms with Crippen LogP contribution in [0.4, 0.5) is 9.18 Å². The van der Waals surface area contributed by atoms with E-state index in [0.29, 0.717) is 17.4 Å². The maximum Gasteiger partial charge on any atom is 0.408 e. The molecule has 1 atom stereocenters. The average Bonchev–Trinajstić information content (AvgIpc) is 2.80. The maximum atomic E-state index is 13.0. The van der Waals surface area contributed by atoms with Crippen molar-refractivity contribution < 1.29 is 18.7 Å². The molecule has 0 unspecified atom stereocenters. The molecule has 2 N–H and O–H groups in total. The number of hydrogen-bond acceptors (Lipinski definition) is 3. The third-order valence-corrected chi connectivity index (χ3v) is 3.28. The lowest BCUT2D eigenvalue weighted by atomic mass is 10.1. The van der Waals surface area contributed by atoms with E-state index in [9.17, 15) is 14.0 Å². The molecule has 19 heavy (non-hydrogen) atoms. The second kappa shape index (κ2) is 6.01. The Morgan fingerprint density at radius 2 is 2.37 bits per heavy atom. The molecule has 0 bridgehead atoms. The summed E-state index contributed by atoms with van der Waals surface area (Å²) in [4.78, 5) is 22.4. The molecule has 1 aliphatic rings. The van der Waals surface area contributed by atoms with E-state index in [1.165, 1.54) is 6.07 Å². The number of amides is 2. The first-order chi connectivity index (χ1) is 9.06. The molecule has 1 fully saturated rings. The van der Waals surface area contributed by atoms with Gasteiger partial charge in [-0.05, 0) is 40.0 Å². The van der Waals surface area contributed by atoms with Gasteiger partial charge in [0.05, 0.1) is 11.0 Å². The van der Waals surface area contributed by atoms with Gasteiger partial charge in [-0.25, -0.2) is 9.18 Å². The molecule has 5 nitrogen and oxygen atoms in total. The van der Waals surface area contributed by atoms with Crippen molar-refractivity contribution in [2.24, 2.45) is 0 Å². The van der Waals surface area contributed by atoms with Crippen LogP contribution in [0.25, 0.3) is 0 Å². The quantitative estimate of drug-likeness (QED) is 0.875. The summed E-state index contributed by atoms with van der Waals surface area (Å²) in [6.07, 6.45) is -0.784. The average molecular weight is 331 g/mol. The highest BCUT2D eigenvalue weighted by molar-refractivity contribution is 9.10. The highest BCUT2D eigenvalue weighted by Gasteiger charge is 2.28. The van der Waals surface area contributed by atoms with E-state index in [2.05, 4.69) is 26.6 Å². The zero-order valence-electron chi connectivity index (χ0n) is 9.91. The lowest BCUT2D eigenvalue weighted by Gasteiger charge is -2.09. The zero-order chi connectivity index (χ0) is 13.8. The minimum Gasteiger partial charge on any atom is -0.434 e.